The first-order valence-corrected chi connectivity index (χ1v) is 12.4. The van der Waals surface area contributed by atoms with Crippen molar-refractivity contribution < 1.29 is 9.59 Å². The van der Waals surface area contributed by atoms with Gasteiger partial charge in [0.25, 0.3) is 0 Å². The molecule has 176 valence electrons. The topological polar surface area (TPSA) is 83.1 Å². The second-order valence-electron chi connectivity index (χ2n) is 9.66. The van der Waals surface area contributed by atoms with Crippen molar-refractivity contribution in [2.75, 3.05) is 13.1 Å². The lowest BCUT2D eigenvalue weighted by Gasteiger charge is -2.37. The van der Waals surface area contributed by atoms with Crippen molar-refractivity contribution in [1.29, 1.82) is 0 Å². The van der Waals surface area contributed by atoms with E-state index in [1.54, 1.807) is 6.20 Å². The predicted octanol–water partition coefficient (Wildman–Crippen LogP) is 3.69. The molecule has 1 aliphatic heterocycles. The van der Waals surface area contributed by atoms with E-state index in [0.717, 1.165) is 56.3 Å². The minimum absolute atomic E-state index is 0.0509. The van der Waals surface area contributed by atoms with Crippen molar-refractivity contribution in [2.24, 2.45) is 5.41 Å². The van der Waals surface area contributed by atoms with Gasteiger partial charge in [-0.15, -0.1) is 0 Å². The Hall–Kier alpha value is -2.73. The third-order valence-corrected chi connectivity index (χ3v) is 7.14. The highest BCUT2D eigenvalue weighted by Crippen LogP contribution is 2.39. The van der Waals surface area contributed by atoms with Crippen LogP contribution in [0.4, 0.5) is 0 Å². The Kier molecular flexibility index (Phi) is 8.10. The lowest BCUT2D eigenvalue weighted by molar-refractivity contribution is -0.127. The van der Waals surface area contributed by atoms with Crippen molar-refractivity contribution in [3.05, 3.63) is 66.0 Å². The van der Waals surface area contributed by atoms with E-state index in [2.05, 4.69) is 33.1 Å². The Balaban J connectivity index is 1.42. The van der Waals surface area contributed by atoms with E-state index >= 15 is 0 Å². The molecule has 3 N–H and O–H groups in total. The summed E-state index contributed by atoms with van der Waals surface area (Å²) in [6, 6.07) is 15.8. The molecule has 2 aromatic rings. The fourth-order valence-corrected chi connectivity index (χ4v) is 5.28. The summed E-state index contributed by atoms with van der Waals surface area (Å²) in [6.45, 7) is 1.48. The Morgan fingerprint density at radius 1 is 1.03 bits per heavy atom. The maximum atomic E-state index is 13.3. The van der Waals surface area contributed by atoms with Crippen LogP contribution in [0.5, 0.6) is 0 Å². The molecule has 6 nitrogen and oxygen atoms in total. The second kappa shape index (κ2) is 11.4. The fourth-order valence-electron chi connectivity index (χ4n) is 5.28. The number of aromatic nitrogens is 1. The third kappa shape index (κ3) is 6.64. The van der Waals surface area contributed by atoms with Gasteiger partial charge in [-0.05, 0) is 55.3 Å². The number of nitrogens with one attached hydrogen (secondary N) is 3. The van der Waals surface area contributed by atoms with Crippen molar-refractivity contribution in [1.82, 2.24) is 20.9 Å². The fraction of sp³-hybridized carbons (Fsp3) is 0.519. The molecular formula is C27H36N4O2. The molecule has 1 unspecified atom stereocenters. The summed E-state index contributed by atoms with van der Waals surface area (Å²) in [5.41, 5.74) is 1.87. The van der Waals surface area contributed by atoms with Crippen LogP contribution in [0.1, 0.15) is 68.7 Å². The minimum atomic E-state index is -0.164. The van der Waals surface area contributed by atoms with Crippen LogP contribution in [0.3, 0.4) is 0 Å². The normalized spacial score (nSPS) is 20.7. The van der Waals surface area contributed by atoms with Crippen LogP contribution in [-0.2, 0) is 16.0 Å². The highest BCUT2D eigenvalue weighted by atomic mass is 16.2. The molecular weight excluding hydrogens is 412 g/mol. The van der Waals surface area contributed by atoms with Crippen LogP contribution in [0, 0.1) is 5.41 Å². The Morgan fingerprint density at radius 2 is 1.82 bits per heavy atom. The number of benzene rings is 1. The molecule has 2 aliphatic rings. The summed E-state index contributed by atoms with van der Waals surface area (Å²) in [5.74, 6) is 0.130. The van der Waals surface area contributed by atoms with Gasteiger partial charge in [-0.3, -0.25) is 14.6 Å². The molecule has 0 radical (unpaired) electrons. The van der Waals surface area contributed by atoms with E-state index in [1.165, 1.54) is 6.42 Å². The van der Waals surface area contributed by atoms with E-state index in [-0.39, 0.29) is 29.3 Å². The molecule has 0 spiro atoms. The standard InChI is InChI=1S/C27H36N4O2/c32-25(31-24(21-10-3-1-4-11-21)18-22-12-5-8-16-28-22)19-27(14-6-2-7-15-27)20-30-26(33)23-13-9-17-29-23/h1,3-5,8,10-12,16,23-24,29H,2,6-7,9,13-15,17-20H2,(H,30,33)(H,31,32)/t23-,24?/m0/s1. The van der Waals surface area contributed by atoms with Crippen molar-refractivity contribution in [3.8, 4) is 0 Å². The summed E-state index contributed by atoms with van der Waals surface area (Å²) in [7, 11) is 0. The van der Waals surface area contributed by atoms with Gasteiger partial charge < -0.3 is 16.0 Å². The molecule has 1 saturated heterocycles. The lowest BCUT2D eigenvalue weighted by atomic mass is 9.71. The summed E-state index contributed by atoms with van der Waals surface area (Å²) >= 11 is 0. The van der Waals surface area contributed by atoms with Gasteiger partial charge in [0.05, 0.1) is 12.1 Å². The van der Waals surface area contributed by atoms with Gasteiger partial charge in [0.15, 0.2) is 0 Å². The summed E-state index contributed by atoms with van der Waals surface area (Å²) in [4.78, 5) is 30.4. The van der Waals surface area contributed by atoms with Crippen LogP contribution < -0.4 is 16.0 Å². The molecule has 2 atom stereocenters. The van der Waals surface area contributed by atoms with Crippen molar-refractivity contribution in [2.45, 2.75) is 69.9 Å². The molecule has 4 rings (SSSR count). The zero-order valence-corrected chi connectivity index (χ0v) is 19.4. The highest BCUT2D eigenvalue weighted by Gasteiger charge is 2.36. The molecule has 1 saturated carbocycles. The van der Waals surface area contributed by atoms with Crippen LogP contribution in [-0.4, -0.2) is 35.9 Å². The first-order chi connectivity index (χ1) is 16.1. The van der Waals surface area contributed by atoms with Crippen LogP contribution in [0.25, 0.3) is 0 Å². The number of hydrogen-bond donors (Lipinski definition) is 3. The quantitative estimate of drug-likeness (QED) is 0.546. The molecule has 6 heteroatoms. The predicted molar refractivity (Wildman–Crippen MR) is 129 cm³/mol. The average molecular weight is 449 g/mol. The van der Waals surface area contributed by atoms with E-state index in [9.17, 15) is 9.59 Å². The number of amides is 2. The third-order valence-electron chi connectivity index (χ3n) is 7.14. The van der Waals surface area contributed by atoms with Crippen molar-refractivity contribution in [3.63, 3.8) is 0 Å². The Bertz CT molecular complexity index is 891. The Morgan fingerprint density at radius 3 is 2.52 bits per heavy atom. The number of pyridine rings is 1. The Labute approximate surface area is 197 Å². The maximum Gasteiger partial charge on any atom is 0.237 e. The van der Waals surface area contributed by atoms with E-state index < -0.39 is 0 Å². The lowest BCUT2D eigenvalue weighted by Crippen LogP contribution is -2.47. The monoisotopic (exact) mass is 448 g/mol. The molecule has 2 heterocycles. The molecule has 2 fully saturated rings. The summed E-state index contributed by atoms with van der Waals surface area (Å²) < 4.78 is 0. The first kappa shape index (κ1) is 23.4. The van der Waals surface area contributed by atoms with Crippen LogP contribution in [0.2, 0.25) is 0 Å². The molecule has 33 heavy (non-hydrogen) atoms. The van der Waals surface area contributed by atoms with Crippen LogP contribution >= 0.6 is 0 Å². The van der Waals surface area contributed by atoms with Crippen LogP contribution in [0.15, 0.2) is 54.7 Å². The van der Waals surface area contributed by atoms with Gasteiger partial charge in [0.2, 0.25) is 11.8 Å². The first-order valence-electron chi connectivity index (χ1n) is 12.4. The number of carbonyl (C=O) groups is 2. The molecule has 0 bridgehead atoms. The zero-order chi connectivity index (χ0) is 22.9. The number of carbonyl (C=O) groups excluding carboxylic acids is 2. The largest absolute Gasteiger partial charge is 0.354 e. The molecule has 1 aromatic heterocycles. The van der Waals surface area contributed by atoms with E-state index in [0.29, 0.717) is 19.4 Å². The minimum Gasteiger partial charge on any atom is -0.354 e. The maximum absolute atomic E-state index is 13.3. The van der Waals surface area contributed by atoms with Gasteiger partial charge in [0, 0.05) is 31.3 Å². The average Bonchev–Trinajstić information content (AvgIpc) is 3.39. The zero-order valence-electron chi connectivity index (χ0n) is 19.4. The smallest absolute Gasteiger partial charge is 0.237 e. The SMILES string of the molecule is O=C(CC1(CNC(=O)[C@@H]2CCCN2)CCCCC1)NC(Cc1ccccn1)c1ccccc1. The number of hydrogen-bond acceptors (Lipinski definition) is 4. The van der Waals surface area contributed by atoms with E-state index in [4.69, 9.17) is 0 Å². The highest BCUT2D eigenvalue weighted by molar-refractivity contribution is 5.82. The van der Waals surface area contributed by atoms with E-state index in [1.807, 2.05) is 36.4 Å². The van der Waals surface area contributed by atoms with Gasteiger partial charge in [-0.1, -0.05) is 55.7 Å². The number of rotatable bonds is 9. The molecule has 1 aliphatic carbocycles. The molecule has 1 aromatic carbocycles. The van der Waals surface area contributed by atoms with Gasteiger partial charge in [-0.2, -0.15) is 0 Å². The molecule has 2 amide bonds. The second-order valence-corrected chi connectivity index (χ2v) is 9.66. The van der Waals surface area contributed by atoms with Gasteiger partial charge in [-0.25, -0.2) is 0 Å². The number of nitrogens with zero attached hydrogens (tertiary/aromatic N) is 1. The summed E-state index contributed by atoms with van der Waals surface area (Å²) in [5, 5.41) is 9.73. The van der Waals surface area contributed by atoms with Gasteiger partial charge >= 0.3 is 0 Å². The van der Waals surface area contributed by atoms with Crippen molar-refractivity contribution >= 4 is 11.8 Å². The van der Waals surface area contributed by atoms with Gasteiger partial charge in [0.1, 0.15) is 0 Å². The summed E-state index contributed by atoms with van der Waals surface area (Å²) in [6.07, 6.45) is 10.2.